The molecule has 0 bridgehead atoms. The van der Waals surface area contributed by atoms with Gasteiger partial charge in [0.15, 0.2) is 11.5 Å². The first-order valence-corrected chi connectivity index (χ1v) is 10.6. The Bertz CT molecular complexity index is 1370. The van der Waals surface area contributed by atoms with Crippen LogP contribution in [0.25, 0.3) is 22.7 Å². The summed E-state index contributed by atoms with van der Waals surface area (Å²) < 4.78 is 11.4. The molecule has 4 rings (SSSR count). The third kappa shape index (κ3) is 4.72. The van der Waals surface area contributed by atoms with Gasteiger partial charge in [0.1, 0.15) is 18.5 Å². The van der Waals surface area contributed by atoms with E-state index in [1.54, 1.807) is 31.4 Å². The van der Waals surface area contributed by atoms with Crippen LogP contribution in [0.4, 0.5) is 0 Å². The molecule has 0 aliphatic rings. The van der Waals surface area contributed by atoms with Crippen molar-refractivity contribution in [2.45, 2.75) is 13.5 Å². The van der Waals surface area contributed by atoms with Crippen molar-refractivity contribution < 1.29 is 9.47 Å². The molecule has 0 spiro atoms. The van der Waals surface area contributed by atoms with E-state index in [4.69, 9.17) is 32.7 Å². The second-order valence-corrected chi connectivity index (χ2v) is 8.04. The Morgan fingerprint density at radius 2 is 1.91 bits per heavy atom. The average Bonchev–Trinajstić information content (AvgIpc) is 3.21. The first kappa shape index (κ1) is 21.8. The van der Waals surface area contributed by atoms with Crippen molar-refractivity contribution in [2.75, 3.05) is 7.11 Å². The zero-order valence-electron chi connectivity index (χ0n) is 17.4. The lowest BCUT2D eigenvalue weighted by Crippen LogP contribution is -1.98. The molecule has 0 saturated heterocycles. The summed E-state index contributed by atoms with van der Waals surface area (Å²) in [6, 6.07) is 19.0. The SMILES string of the molecule is COc1cc(C=C(C#N)c2nc3ccc(C)cc3[nH]2)ccc1OCc1ccc(Cl)c(Cl)c1. The third-order valence-corrected chi connectivity index (χ3v) is 5.63. The number of fused-ring (bicyclic) bond motifs is 1. The Morgan fingerprint density at radius 1 is 1.06 bits per heavy atom. The van der Waals surface area contributed by atoms with E-state index < -0.39 is 0 Å². The van der Waals surface area contributed by atoms with E-state index in [0.29, 0.717) is 39.5 Å². The summed E-state index contributed by atoms with van der Waals surface area (Å²) in [5.41, 5.74) is 4.93. The second kappa shape index (κ2) is 9.35. The number of methoxy groups -OCH3 is 1. The van der Waals surface area contributed by atoms with Crippen LogP contribution < -0.4 is 9.47 Å². The fraction of sp³-hybridized carbons (Fsp3) is 0.120. The fourth-order valence-electron chi connectivity index (χ4n) is 3.25. The second-order valence-electron chi connectivity index (χ2n) is 7.22. The number of rotatable bonds is 6. The summed E-state index contributed by atoms with van der Waals surface area (Å²) >= 11 is 12.0. The lowest BCUT2D eigenvalue weighted by molar-refractivity contribution is 0.284. The molecular weight excluding hydrogens is 445 g/mol. The van der Waals surface area contributed by atoms with E-state index in [1.807, 2.05) is 43.3 Å². The monoisotopic (exact) mass is 463 g/mol. The van der Waals surface area contributed by atoms with Crippen LogP contribution >= 0.6 is 23.2 Å². The summed E-state index contributed by atoms with van der Waals surface area (Å²) in [6.45, 7) is 2.32. The number of hydrogen-bond acceptors (Lipinski definition) is 4. The highest BCUT2D eigenvalue weighted by atomic mass is 35.5. The number of nitrogens with one attached hydrogen (secondary N) is 1. The minimum atomic E-state index is 0.310. The van der Waals surface area contributed by atoms with Crippen LogP contribution in [0.15, 0.2) is 54.6 Å². The summed E-state index contributed by atoms with van der Waals surface area (Å²) in [4.78, 5) is 7.75. The number of nitriles is 1. The van der Waals surface area contributed by atoms with Crippen LogP contribution in [-0.2, 0) is 6.61 Å². The highest BCUT2D eigenvalue weighted by molar-refractivity contribution is 6.42. The maximum Gasteiger partial charge on any atom is 0.161 e. The predicted molar refractivity (Wildman–Crippen MR) is 128 cm³/mol. The van der Waals surface area contributed by atoms with Crippen LogP contribution in [0.2, 0.25) is 10.0 Å². The van der Waals surface area contributed by atoms with Gasteiger partial charge in [-0.2, -0.15) is 5.26 Å². The van der Waals surface area contributed by atoms with E-state index in [-0.39, 0.29) is 0 Å². The van der Waals surface area contributed by atoms with Crippen molar-refractivity contribution in [3.05, 3.63) is 87.2 Å². The Labute approximate surface area is 195 Å². The van der Waals surface area contributed by atoms with Crippen molar-refractivity contribution in [1.82, 2.24) is 9.97 Å². The number of nitrogens with zero attached hydrogens (tertiary/aromatic N) is 2. The third-order valence-electron chi connectivity index (χ3n) is 4.89. The molecule has 0 radical (unpaired) electrons. The van der Waals surface area contributed by atoms with Crippen molar-refractivity contribution in [3.8, 4) is 17.6 Å². The van der Waals surface area contributed by atoms with Crippen molar-refractivity contribution >= 4 is 45.9 Å². The maximum absolute atomic E-state index is 9.70. The van der Waals surface area contributed by atoms with E-state index in [9.17, 15) is 5.26 Å². The highest BCUT2D eigenvalue weighted by Crippen LogP contribution is 2.31. The number of allylic oxidation sites excluding steroid dienone is 1. The van der Waals surface area contributed by atoms with Gasteiger partial charge in [0, 0.05) is 0 Å². The van der Waals surface area contributed by atoms with Gasteiger partial charge in [-0.25, -0.2) is 4.98 Å². The Morgan fingerprint density at radius 3 is 2.66 bits per heavy atom. The molecule has 1 aromatic heterocycles. The number of halogens is 2. The van der Waals surface area contributed by atoms with Crippen LogP contribution in [0.5, 0.6) is 11.5 Å². The van der Waals surface area contributed by atoms with Crippen LogP contribution in [0.3, 0.4) is 0 Å². The molecule has 4 aromatic rings. The van der Waals surface area contributed by atoms with E-state index >= 15 is 0 Å². The van der Waals surface area contributed by atoms with E-state index in [2.05, 4.69) is 16.0 Å². The molecule has 1 heterocycles. The molecule has 32 heavy (non-hydrogen) atoms. The number of imidazole rings is 1. The minimum absolute atomic E-state index is 0.310. The number of aromatic amines is 1. The van der Waals surface area contributed by atoms with Gasteiger partial charge in [-0.15, -0.1) is 0 Å². The van der Waals surface area contributed by atoms with Crippen LogP contribution in [0.1, 0.15) is 22.5 Å². The maximum atomic E-state index is 9.70. The van der Waals surface area contributed by atoms with Crippen molar-refractivity contribution in [2.24, 2.45) is 0 Å². The number of ether oxygens (including phenoxy) is 2. The molecule has 0 atom stereocenters. The van der Waals surface area contributed by atoms with E-state index in [1.165, 1.54) is 0 Å². The summed E-state index contributed by atoms with van der Waals surface area (Å²) in [5, 5.41) is 10.7. The normalized spacial score (nSPS) is 11.4. The van der Waals surface area contributed by atoms with E-state index in [0.717, 1.165) is 27.7 Å². The summed E-state index contributed by atoms with van der Waals surface area (Å²) in [7, 11) is 1.57. The Balaban J connectivity index is 1.58. The molecule has 160 valence electrons. The van der Waals surface area contributed by atoms with Gasteiger partial charge in [-0.1, -0.05) is 41.4 Å². The van der Waals surface area contributed by atoms with Gasteiger partial charge in [0.05, 0.1) is 33.8 Å². The first-order valence-electron chi connectivity index (χ1n) is 9.80. The van der Waals surface area contributed by atoms with Gasteiger partial charge in [-0.05, 0) is 66.1 Å². The lowest BCUT2D eigenvalue weighted by Gasteiger charge is -2.12. The summed E-state index contributed by atoms with van der Waals surface area (Å²) in [5.74, 6) is 1.65. The number of hydrogen-bond donors (Lipinski definition) is 1. The highest BCUT2D eigenvalue weighted by Gasteiger charge is 2.11. The van der Waals surface area contributed by atoms with Crippen molar-refractivity contribution in [1.29, 1.82) is 5.26 Å². The zero-order chi connectivity index (χ0) is 22.7. The zero-order valence-corrected chi connectivity index (χ0v) is 19.0. The minimum Gasteiger partial charge on any atom is -0.493 e. The smallest absolute Gasteiger partial charge is 0.161 e. The standard InChI is InChI=1S/C25H19Cl2N3O2/c1-15-3-7-21-22(9-15)30-25(29-21)18(13-28)10-16-5-8-23(24(12-16)31-2)32-14-17-4-6-19(26)20(27)11-17/h3-12H,14H2,1-2H3,(H,29,30). The molecule has 3 aromatic carbocycles. The quantitative estimate of drug-likeness (QED) is 0.318. The van der Waals surface area contributed by atoms with Crippen LogP contribution in [0, 0.1) is 18.3 Å². The van der Waals surface area contributed by atoms with Gasteiger partial charge in [-0.3, -0.25) is 0 Å². The molecule has 7 heteroatoms. The molecule has 0 aliphatic carbocycles. The molecule has 0 aliphatic heterocycles. The number of H-pyrrole nitrogens is 1. The van der Waals surface area contributed by atoms with Gasteiger partial charge in [0.25, 0.3) is 0 Å². The first-order chi connectivity index (χ1) is 15.5. The molecule has 0 unspecified atom stereocenters. The predicted octanol–water partition coefficient (Wildman–Crippen LogP) is 6.83. The molecule has 0 amide bonds. The number of aryl methyl sites for hydroxylation is 1. The Kier molecular flexibility index (Phi) is 6.36. The van der Waals surface area contributed by atoms with Crippen molar-refractivity contribution in [3.63, 3.8) is 0 Å². The van der Waals surface area contributed by atoms with Gasteiger partial charge < -0.3 is 14.5 Å². The fourth-order valence-corrected chi connectivity index (χ4v) is 3.58. The molecular formula is C25H19Cl2N3O2. The number of aromatic nitrogens is 2. The average molecular weight is 464 g/mol. The lowest BCUT2D eigenvalue weighted by atomic mass is 10.1. The van der Waals surface area contributed by atoms with Gasteiger partial charge in [0.2, 0.25) is 0 Å². The molecule has 5 nitrogen and oxygen atoms in total. The molecule has 1 N–H and O–H groups in total. The van der Waals surface area contributed by atoms with Gasteiger partial charge >= 0.3 is 0 Å². The topological polar surface area (TPSA) is 70.9 Å². The molecule has 0 saturated carbocycles. The summed E-state index contributed by atoms with van der Waals surface area (Å²) in [6.07, 6.45) is 1.76. The van der Waals surface area contributed by atoms with Crippen LogP contribution in [-0.4, -0.2) is 17.1 Å². The Hall–Kier alpha value is -3.46. The number of benzene rings is 3. The largest absolute Gasteiger partial charge is 0.493 e. The molecule has 0 fully saturated rings.